The molecular weight excluding hydrogens is 264 g/mol. The minimum atomic E-state index is -0.382. The summed E-state index contributed by atoms with van der Waals surface area (Å²) in [6.45, 7) is 5.21. The second-order valence-electron chi connectivity index (χ2n) is 5.44. The Kier molecular flexibility index (Phi) is 12.7. The Balaban J connectivity index is 3.73. The Hall–Kier alpha value is -1.38. The van der Waals surface area contributed by atoms with E-state index >= 15 is 0 Å². The van der Waals surface area contributed by atoms with Crippen molar-refractivity contribution in [3.8, 4) is 0 Å². The fraction of sp³-hybridized carbons (Fsp3) is 0.667. The molecule has 3 heteroatoms. The monoisotopic (exact) mass is 294 g/mol. The van der Waals surface area contributed by atoms with Gasteiger partial charge in [0, 0.05) is 12.0 Å². The van der Waals surface area contributed by atoms with Gasteiger partial charge in [-0.15, -0.1) is 6.58 Å². The molecule has 0 aromatic heterocycles. The van der Waals surface area contributed by atoms with E-state index in [1.807, 2.05) is 12.2 Å². The molecule has 21 heavy (non-hydrogen) atoms. The van der Waals surface area contributed by atoms with Gasteiger partial charge >= 0.3 is 5.97 Å². The van der Waals surface area contributed by atoms with Crippen molar-refractivity contribution in [2.24, 2.45) is 0 Å². The third-order valence-electron chi connectivity index (χ3n) is 3.39. The lowest BCUT2D eigenvalue weighted by atomic mass is 10.0. The summed E-state index contributed by atoms with van der Waals surface area (Å²) in [6, 6.07) is 0. The van der Waals surface area contributed by atoms with Crippen LogP contribution in [0.2, 0.25) is 0 Å². The molecule has 0 fully saturated rings. The Labute approximate surface area is 129 Å². The first-order valence-corrected chi connectivity index (χ1v) is 7.99. The van der Waals surface area contributed by atoms with Gasteiger partial charge in [0.1, 0.15) is 5.78 Å². The van der Waals surface area contributed by atoms with Crippen LogP contribution in [-0.4, -0.2) is 18.9 Å². The third-order valence-corrected chi connectivity index (χ3v) is 3.39. The maximum absolute atomic E-state index is 11.5. The molecule has 0 unspecified atom stereocenters. The smallest absolute Gasteiger partial charge is 0.333 e. The topological polar surface area (TPSA) is 43.4 Å². The van der Waals surface area contributed by atoms with Crippen LogP contribution in [0.3, 0.4) is 0 Å². The van der Waals surface area contributed by atoms with Crippen molar-refractivity contribution in [1.82, 2.24) is 0 Å². The average molecular weight is 294 g/mol. The largest absolute Gasteiger partial charge is 0.466 e. The summed E-state index contributed by atoms with van der Waals surface area (Å²) in [4.78, 5) is 22.6. The molecule has 0 bridgehead atoms. The molecule has 0 aromatic rings. The van der Waals surface area contributed by atoms with Gasteiger partial charge in [-0.05, 0) is 32.6 Å². The van der Waals surface area contributed by atoms with Crippen LogP contribution >= 0.6 is 0 Å². The average Bonchev–Trinajstić information content (AvgIpc) is 2.46. The molecular formula is C18H30O3. The van der Waals surface area contributed by atoms with Gasteiger partial charge in [0.2, 0.25) is 0 Å². The fourth-order valence-electron chi connectivity index (χ4n) is 2.22. The summed E-state index contributed by atoms with van der Waals surface area (Å²) in [5, 5.41) is 0. The van der Waals surface area contributed by atoms with Crippen molar-refractivity contribution < 1.29 is 14.3 Å². The standard InChI is InChI=1S/C18H30O3/c1-4-5-6-7-8-9-10-11-12-13-14-17(15-16(2)19)18(20)21-3/h4,14H,1,5-13,15H2,2-3H3. The zero-order valence-electron chi connectivity index (χ0n) is 13.7. The zero-order chi connectivity index (χ0) is 15.9. The molecule has 120 valence electrons. The highest BCUT2D eigenvalue weighted by Crippen LogP contribution is 2.12. The zero-order valence-corrected chi connectivity index (χ0v) is 13.7. The van der Waals surface area contributed by atoms with Crippen LogP contribution in [0.5, 0.6) is 0 Å². The molecule has 0 aliphatic carbocycles. The highest BCUT2D eigenvalue weighted by Gasteiger charge is 2.11. The second kappa shape index (κ2) is 13.6. The van der Waals surface area contributed by atoms with Crippen LogP contribution in [0.15, 0.2) is 24.3 Å². The lowest BCUT2D eigenvalue weighted by molar-refractivity contribution is -0.137. The summed E-state index contributed by atoms with van der Waals surface area (Å²) in [7, 11) is 1.35. The number of hydrogen-bond donors (Lipinski definition) is 0. The van der Waals surface area contributed by atoms with Crippen molar-refractivity contribution in [2.75, 3.05) is 7.11 Å². The maximum atomic E-state index is 11.5. The van der Waals surface area contributed by atoms with Gasteiger partial charge in [0.25, 0.3) is 0 Å². The normalized spacial score (nSPS) is 11.2. The molecule has 0 atom stereocenters. The van der Waals surface area contributed by atoms with E-state index in [-0.39, 0.29) is 18.2 Å². The first-order chi connectivity index (χ1) is 10.1. The number of esters is 1. The molecule has 0 aromatic carbocycles. The lowest BCUT2D eigenvalue weighted by Gasteiger charge is -2.04. The molecule has 0 spiro atoms. The van der Waals surface area contributed by atoms with Crippen molar-refractivity contribution in [3.05, 3.63) is 24.3 Å². The van der Waals surface area contributed by atoms with Crippen molar-refractivity contribution in [2.45, 2.75) is 71.1 Å². The second-order valence-corrected chi connectivity index (χ2v) is 5.44. The number of allylic oxidation sites excluding steroid dienone is 2. The molecule has 3 nitrogen and oxygen atoms in total. The number of ketones is 1. The van der Waals surface area contributed by atoms with Gasteiger partial charge in [-0.1, -0.05) is 44.3 Å². The fourth-order valence-corrected chi connectivity index (χ4v) is 2.22. The summed E-state index contributed by atoms with van der Waals surface area (Å²) < 4.78 is 4.69. The molecule has 0 aliphatic rings. The Morgan fingerprint density at radius 1 is 0.952 bits per heavy atom. The number of unbranched alkanes of at least 4 members (excludes halogenated alkanes) is 8. The molecule has 0 rings (SSSR count). The lowest BCUT2D eigenvalue weighted by Crippen LogP contribution is -2.08. The van der Waals surface area contributed by atoms with E-state index in [1.165, 1.54) is 52.6 Å². The van der Waals surface area contributed by atoms with E-state index in [2.05, 4.69) is 11.3 Å². The van der Waals surface area contributed by atoms with Gasteiger partial charge in [0.15, 0.2) is 0 Å². The molecule has 0 amide bonds. The van der Waals surface area contributed by atoms with E-state index in [0.29, 0.717) is 5.57 Å². The highest BCUT2D eigenvalue weighted by molar-refractivity contribution is 5.95. The van der Waals surface area contributed by atoms with E-state index < -0.39 is 0 Å². The maximum Gasteiger partial charge on any atom is 0.333 e. The Bertz CT molecular complexity index is 342. The van der Waals surface area contributed by atoms with Crippen LogP contribution in [0.25, 0.3) is 0 Å². The van der Waals surface area contributed by atoms with E-state index in [1.54, 1.807) is 0 Å². The predicted molar refractivity (Wildman–Crippen MR) is 87.1 cm³/mol. The van der Waals surface area contributed by atoms with Crippen molar-refractivity contribution in [1.29, 1.82) is 0 Å². The van der Waals surface area contributed by atoms with E-state index in [4.69, 9.17) is 0 Å². The van der Waals surface area contributed by atoms with Crippen LogP contribution in [0.1, 0.15) is 71.1 Å². The molecule has 0 N–H and O–H groups in total. The van der Waals surface area contributed by atoms with Gasteiger partial charge in [-0.3, -0.25) is 4.79 Å². The highest BCUT2D eigenvalue weighted by atomic mass is 16.5. The molecule has 0 aliphatic heterocycles. The number of carbonyl (C=O) groups is 2. The molecule has 0 radical (unpaired) electrons. The van der Waals surface area contributed by atoms with Crippen LogP contribution in [0.4, 0.5) is 0 Å². The van der Waals surface area contributed by atoms with E-state index in [9.17, 15) is 9.59 Å². The minimum absolute atomic E-state index is 0.00817. The van der Waals surface area contributed by atoms with Crippen LogP contribution < -0.4 is 0 Å². The summed E-state index contributed by atoms with van der Waals surface area (Å²) in [6.07, 6.45) is 14.6. The number of rotatable bonds is 13. The van der Waals surface area contributed by atoms with Crippen molar-refractivity contribution in [3.63, 3.8) is 0 Å². The van der Waals surface area contributed by atoms with Crippen molar-refractivity contribution >= 4 is 11.8 Å². The van der Waals surface area contributed by atoms with E-state index in [0.717, 1.165) is 19.3 Å². The molecule has 0 heterocycles. The Morgan fingerprint density at radius 3 is 1.95 bits per heavy atom. The predicted octanol–water partition coefficient (Wildman–Crippen LogP) is 4.76. The third kappa shape index (κ3) is 12.1. The minimum Gasteiger partial charge on any atom is -0.466 e. The SMILES string of the molecule is C=CCCCCCCCCCC=C(CC(C)=O)C(=O)OC. The number of ether oxygens (including phenoxy) is 1. The summed E-state index contributed by atoms with van der Waals surface area (Å²) in [5.74, 6) is -0.390. The number of methoxy groups -OCH3 is 1. The molecule has 0 saturated heterocycles. The first-order valence-electron chi connectivity index (χ1n) is 7.99. The summed E-state index contributed by atoms with van der Waals surface area (Å²) in [5.41, 5.74) is 0.495. The first kappa shape index (κ1) is 19.6. The van der Waals surface area contributed by atoms with Gasteiger partial charge in [0.05, 0.1) is 7.11 Å². The van der Waals surface area contributed by atoms with Gasteiger partial charge < -0.3 is 4.74 Å². The Morgan fingerprint density at radius 2 is 1.48 bits per heavy atom. The quantitative estimate of drug-likeness (QED) is 0.213. The van der Waals surface area contributed by atoms with Gasteiger partial charge in [-0.25, -0.2) is 4.79 Å². The molecule has 0 saturated carbocycles. The number of hydrogen-bond acceptors (Lipinski definition) is 3. The van der Waals surface area contributed by atoms with Crippen LogP contribution in [0, 0.1) is 0 Å². The number of Topliss-reactive ketones (excluding diaryl/α,β-unsaturated/α-hetero) is 1. The number of carbonyl (C=O) groups excluding carboxylic acids is 2. The van der Waals surface area contributed by atoms with Gasteiger partial charge in [-0.2, -0.15) is 0 Å². The van der Waals surface area contributed by atoms with Crippen LogP contribution in [-0.2, 0) is 14.3 Å². The summed E-state index contributed by atoms with van der Waals surface area (Å²) >= 11 is 0.